The van der Waals surface area contributed by atoms with Crippen molar-refractivity contribution < 1.29 is 4.79 Å². The Labute approximate surface area is 125 Å². The largest absolute Gasteiger partial charge is 0.292 e. The van der Waals surface area contributed by atoms with Crippen molar-refractivity contribution >= 4 is 17.4 Å². The summed E-state index contributed by atoms with van der Waals surface area (Å²) in [7, 11) is 0. The molecule has 1 atom stereocenters. The molecule has 0 saturated carbocycles. The monoisotopic (exact) mass is 286 g/mol. The van der Waals surface area contributed by atoms with E-state index in [1.54, 1.807) is 0 Å². The summed E-state index contributed by atoms with van der Waals surface area (Å²) in [5.41, 5.74) is 2.78. The van der Waals surface area contributed by atoms with Crippen molar-refractivity contribution in [3.05, 3.63) is 71.3 Å². The average Bonchev–Trinajstić information content (AvgIpc) is 2.46. The molecule has 2 aromatic carbocycles. The van der Waals surface area contributed by atoms with Crippen LogP contribution in [0.4, 0.5) is 0 Å². The van der Waals surface area contributed by atoms with Crippen LogP contribution in [-0.4, -0.2) is 5.78 Å². The van der Waals surface area contributed by atoms with E-state index in [1.165, 1.54) is 5.56 Å². The molecule has 0 aromatic heterocycles. The number of Topliss-reactive ketones (excluding diaryl/α,β-unsaturated/α-hetero) is 1. The first-order valence-corrected chi connectivity index (χ1v) is 7.17. The molecule has 0 heterocycles. The number of ketones is 1. The van der Waals surface area contributed by atoms with E-state index in [-0.39, 0.29) is 11.2 Å². The zero-order valence-electron chi connectivity index (χ0n) is 12.1. The Balaban J connectivity index is 2.22. The van der Waals surface area contributed by atoms with Crippen LogP contribution in [0, 0.1) is 0 Å². The van der Waals surface area contributed by atoms with Crippen molar-refractivity contribution in [2.45, 2.75) is 31.6 Å². The van der Waals surface area contributed by atoms with Gasteiger partial charge in [-0.05, 0) is 16.5 Å². The predicted molar refractivity (Wildman–Crippen MR) is 84.5 cm³/mol. The Bertz CT molecular complexity index is 579. The van der Waals surface area contributed by atoms with Crippen LogP contribution in [0.5, 0.6) is 0 Å². The molecule has 0 radical (unpaired) electrons. The number of benzene rings is 2. The van der Waals surface area contributed by atoms with E-state index < -0.39 is 5.38 Å². The lowest BCUT2D eigenvalue weighted by molar-refractivity contribution is 0.0987. The molecule has 104 valence electrons. The molecule has 1 unspecified atom stereocenters. The molecule has 0 spiro atoms. The maximum absolute atomic E-state index is 12.4. The fourth-order valence-electron chi connectivity index (χ4n) is 2.05. The molecule has 0 aliphatic rings. The van der Waals surface area contributed by atoms with Gasteiger partial charge in [0, 0.05) is 5.56 Å². The highest BCUT2D eigenvalue weighted by atomic mass is 35.5. The summed E-state index contributed by atoms with van der Waals surface area (Å²) in [4.78, 5) is 12.4. The van der Waals surface area contributed by atoms with Gasteiger partial charge in [-0.1, -0.05) is 75.4 Å². The molecule has 0 N–H and O–H groups in total. The van der Waals surface area contributed by atoms with Crippen LogP contribution in [0.15, 0.2) is 54.6 Å². The van der Waals surface area contributed by atoms with Gasteiger partial charge in [0.15, 0.2) is 5.78 Å². The molecular formula is C18H19ClO. The Morgan fingerprint density at radius 1 is 0.950 bits per heavy atom. The number of carbonyl (C=O) groups excluding carboxylic acids is 1. The molecule has 0 bridgehead atoms. The first-order valence-electron chi connectivity index (χ1n) is 6.73. The minimum Gasteiger partial charge on any atom is -0.292 e. The number of halogens is 1. The van der Waals surface area contributed by atoms with Gasteiger partial charge < -0.3 is 0 Å². The first kappa shape index (κ1) is 14.8. The van der Waals surface area contributed by atoms with Gasteiger partial charge in [0.2, 0.25) is 0 Å². The highest BCUT2D eigenvalue weighted by Gasteiger charge is 2.20. The van der Waals surface area contributed by atoms with Crippen LogP contribution < -0.4 is 0 Å². The molecule has 0 amide bonds. The van der Waals surface area contributed by atoms with E-state index in [0.29, 0.717) is 5.56 Å². The standard InChI is InChI=1S/C18H19ClO/c1-18(2,3)15-11-9-14(10-12-15)17(20)16(19)13-7-5-4-6-8-13/h4-12,16H,1-3H3. The van der Waals surface area contributed by atoms with Crippen molar-refractivity contribution in [1.29, 1.82) is 0 Å². The SMILES string of the molecule is CC(C)(C)c1ccc(C(=O)C(Cl)c2ccccc2)cc1. The van der Waals surface area contributed by atoms with Crippen LogP contribution in [0.25, 0.3) is 0 Å². The summed E-state index contributed by atoms with van der Waals surface area (Å²) < 4.78 is 0. The summed E-state index contributed by atoms with van der Waals surface area (Å²) in [5, 5.41) is -0.628. The molecule has 1 nitrogen and oxygen atoms in total. The molecule has 0 saturated heterocycles. The lowest BCUT2D eigenvalue weighted by Crippen LogP contribution is -2.12. The molecular weight excluding hydrogens is 268 g/mol. The molecule has 2 heteroatoms. The van der Waals surface area contributed by atoms with Crippen LogP contribution in [0.3, 0.4) is 0 Å². The molecule has 2 rings (SSSR count). The van der Waals surface area contributed by atoms with E-state index in [4.69, 9.17) is 11.6 Å². The third kappa shape index (κ3) is 3.29. The third-order valence-electron chi connectivity index (χ3n) is 3.36. The number of carbonyl (C=O) groups is 1. The molecule has 0 fully saturated rings. The van der Waals surface area contributed by atoms with E-state index in [0.717, 1.165) is 5.56 Å². The summed E-state index contributed by atoms with van der Waals surface area (Å²) in [6, 6.07) is 17.2. The summed E-state index contributed by atoms with van der Waals surface area (Å²) in [5.74, 6) is -0.0571. The van der Waals surface area contributed by atoms with Gasteiger partial charge in [0.05, 0.1) is 0 Å². The van der Waals surface area contributed by atoms with Crippen molar-refractivity contribution in [2.24, 2.45) is 0 Å². The Morgan fingerprint density at radius 2 is 1.50 bits per heavy atom. The minimum atomic E-state index is -0.628. The fraction of sp³-hybridized carbons (Fsp3) is 0.278. The van der Waals surface area contributed by atoms with Crippen molar-refractivity contribution in [2.75, 3.05) is 0 Å². The number of alkyl halides is 1. The molecule has 0 aliphatic heterocycles. The van der Waals surface area contributed by atoms with Crippen LogP contribution in [0.2, 0.25) is 0 Å². The topological polar surface area (TPSA) is 17.1 Å². The van der Waals surface area contributed by atoms with Gasteiger partial charge in [0.1, 0.15) is 5.38 Å². The smallest absolute Gasteiger partial charge is 0.185 e. The minimum absolute atomic E-state index is 0.0571. The second-order valence-corrected chi connectivity index (χ2v) is 6.40. The van der Waals surface area contributed by atoms with E-state index >= 15 is 0 Å². The van der Waals surface area contributed by atoms with Gasteiger partial charge >= 0.3 is 0 Å². The average molecular weight is 287 g/mol. The first-order chi connectivity index (χ1) is 9.39. The number of rotatable bonds is 3. The quantitative estimate of drug-likeness (QED) is 0.563. The Kier molecular flexibility index (Phi) is 4.29. The highest BCUT2D eigenvalue weighted by molar-refractivity contribution is 6.33. The van der Waals surface area contributed by atoms with E-state index in [2.05, 4.69) is 20.8 Å². The predicted octanol–water partition coefficient (Wildman–Crippen LogP) is 5.15. The normalized spacial score (nSPS) is 13.0. The van der Waals surface area contributed by atoms with Crippen molar-refractivity contribution in [1.82, 2.24) is 0 Å². The van der Waals surface area contributed by atoms with Crippen LogP contribution in [-0.2, 0) is 5.41 Å². The summed E-state index contributed by atoms with van der Waals surface area (Å²) in [6.45, 7) is 6.45. The van der Waals surface area contributed by atoms with Gasteiger partial charge in [-0.25, -0.2) is 0 Å². The third-order valence-corrected chi connectivity index (χ3v) is 3.81. The maximum Gasteiger partial charge on any atom is 0.185 e. The maximum atomic E-state index is 12.4. The zero-order chi connectivity index (χ0) is 14.8. The lowest BCUT2D eigenvalue weighted by atomic mass is 9.86. The van der Waals surface area contributed by atoms with Crippen molar-refractivity contribution in [3.8, 4) is 0 Å². The number of hydrogen-bond acceptors (Lipinski definition) is 1. The Hall–Kier alpha value is -1.60. The van der Waals surface area contributed by atoms with Gasteiger partial charge in [-0.2, -0.15) is 0 Å². The van der Waals surface area contributed by atoms with E-state index in [1.807, 2.05) is 54.6 Å². The van der Waals surface area contributed by atoms with Gasteiger partial charge in [-0.15, -0.1) is 11.6 Å². The molecule has 2 aromatic rings. The molecule has 0 aliphatic carbocycles. The van der Waals surface area contributed by atoms with Crippen LogP contribution >= 0.6 is 11.6 Å². The highest BCUT2D eigenvalue weighted by Crippen LogP contribution is 2.27. The number of hydrogen-bond donors (Lipinski definition) is 0. The lowest BCUT2D eigenvalue weighted by Gasteiger charge is -2.19. The second-order valence-electron chi connectivity index (χ2n) is 5.96. The fourth-order valence-corrected chi connectivity index (χ4v) is 2.33. The van der Waals surface area contributed by atoms with Gasteiger partial charge in [-0.3, -0.25) is 4.79 Å². The molecule has 20 heavy (non-hydrogen) atoms. The second kappa shape index (κ2) is 5.80. The zero-order valence-corrected chi connectivity index (χ0v) is 12.8. The Morgan fingerprint density at radius 3 is 2.00 bits per heavy atom. The van der Waals surface area contributed by atoms with Crippen molar-refractivity contribution in [3.63, 3.8) is 0 Å². The van der Waals surface area contributed by atoms with Gasteiger partial charge in [0.25, 0.3) is 0 Å². The van der Waals surface area contributed by atoms with Crippen LogP contribution in [0.1, 0.15) is 47.6 Å². The van der Waals surface area contributed by atoms with E-state index in [9.17, 15) is 4.79 Å². The summed E-state index contributed by atoms with van der Waals surface area (Å²) >= 11 is 6.27. The summed E-state index contributed by atoms with van der Waals surface area (Å²) in [6.07, 6.45) is 0.